The number of rotatable bonds is 8. The molecule has 2 heterocycles. The highest BCUT2D eigenvalue weighted by Gasteiger charge is 2.37. The number of hydrogen-bond acceptors (Lipinski definition) is 6. The lowest BCUT2D eigenvalue weighted by Crippen LogP contribution is -2.24. The Labute approximate surface area is 217 Å². The Morgan fingerprint density at radius 2 is 1.78 bits per heavy atom. The molecule has 1 aliphatic heterocycles. The Kier molecular flexibility index (Phi) is 7.58. The van der Waals surface area contributed by atoms with Gasteiger partial charge in [-0.1, -0.05) is 46.3 Å². The summed E-state index contributed by atoms with van der Waals surface area (Å²) in [5.74, 6) is -0.344. The molecule has 10 heteroatoms. The Morgan fingerprint density at radius 3 is 2.44 bits per heavy atom. The van der Waals surface area contributed by atoms with Crippen molar-refractivity contribution >= 4 is 43.9 Å². The number of allylic oxidation sites excluding steroid dienone is 1. The van der Waals surface area contributed by atoms with Gasteiger partial charge < -0.3 is 14.1 Å². The van der Waals surface area contributed by atoms with E-state index < -0.39 is 16.0 Å². The lowest BCUT2D eigenvalue weighted by atomic mass is 10.1. The van der Waals surface area contributed by atoms with Gasteiger partial charge in [0.25, 0.3) is 5.91 Å². The molecule has 0 spiro atoms. The highest BCUT2D eigenvalue weighted by molar-refractivity contribution is 9.10. The van der Waals surface area contributed by atoms with Gasteiger partial charge in [-0.2, -0.15) is 0 Å². The number of hydrogen-bond donors (Lipinski definition) is 1. The van der Waals surface area contributed by atoms with Crippen molar-refractivity contribution in [1.82, 2.24) is 9.62 Å². The second-order valence-corrected chi connectivity index (χ2v) is 10.7. The van der Waals surface area contributed by atoms with E-state index in [9.17, 15) is 18.0 Å². The molecule has 8 nitrogen and oxygen atoms in total. The van der Waals surface area contributed by atoms with Crippen molar-refractivity contribution in [3.05, 3.63) is 105 Å². The average molecular weight is 571 g/mol. The lowest BCUT2D eigenvalue weighted by molar-refractivity contribution is -0.136. The van der Waals surface area contributed by atoms with E-state index >= 15 is 0 Å². The molecule has 4 rings (SSSR count). The Hall–Kier alpha value is -3.47. The highest BCUT2D eigenvalue weighted by Crippen LogP contribution is 2.33. The summed E-state index contributed by atoms with van der Waals surface area (Å²) < 4.78 is 39.0. The second-order valence-electron chi connectivity index (χ2n) is 7.97. The van der Waals surface area contributed by atoms with Crippen LogP contribution in [0.5, 0.6) is 0 Å². The molecule has 0 saturated carbocycles. The molecule has 0 bridgehead atoms. The minimum atomic E-state index is -3.74. The van der Waals surface area contributed by atoms with Crippen LogP contribution in [0.3, 0.4) is 0 Å². The number of esters is 1. The summed E-state index contributed by atoms with van der Waals surface area (Å²) in [5, 5.41) is 0. The molecule has 1 aliphatic rings. The Morgan fingerprint density at radius 1 is 1.08 bits per heavy atom. The third-order valence-electron chi connectivity index (χ3n) is 5.61. The van der Waals surface area contributed by atoms with Crippen LogP contribution in [0.15, 0.2) is 97.4 Å². The van der Waals surface area contributed by atoms with Gasteiger partial charge in [0, 0.05) is 10.2 Å². The molecule has 0 unspecified atom stereocenters. The first-order valence-corrected chi connectivity index (χ1v) is 13.2. The van der Waals surface area contributed by atoms with Gasteiger partial charge in [0.15, 0.2) is 0 Å². The minimum absolute atomic E-state index is 0.0889. The summed E-state index contributed by atoms with van der Waals surface area (Å²) in [5.41, 5.74) is 1.70. The number of furan rings is 1. The zero-order valence-corrected chi connectivity index (χ0v) is 21.9. The van der Waals surface area contributed by atoms with Gasteiger partial charge in [0.05, 0.1) is 36.2 Å². The van der Waals surface area contributed by atoms with Gasteiger partial charge in [-0.3, -0.25) is 4.79 Å². The summed E-state index contributed by atoms with van der Waals surface area (Å²) in [4.78, 5) is 27.4. The Bertz CT molecular complexity index is 1460. The maximum Gasteiger partial charge on any atom is 0.340 e. The van der Waals surface area contributed by atoms with Crippen molar-refractivity contribution < 1.29 is 27.2 Å². The molecular weight excluding hydrogens is 548 g/mol. The normalized spacial score (nSPS) is 15.1. The number of benzene rings is 2. The third kappa shape index (κ3) is 5.51. The fraction of sp³-hybridized carbons (Fsp3) is 0.154. The molecule has 3 aromatic rings. The number of carbonyl (C=O) groups excluding carboxylic acids is 2. The van der Waals surface area contributed by atoms with Crippen LogP contribution in [0, 0.1) is 0 Å². The number of methoxy groups -OCH3 is 1. The van der Waals surface area contributed by atoms with Crippen LogP contribution in [-0.4, -0.2) is 32.3 Å². The SMILES string of the molecule is COC(=O)C1=C(C)N(Cc2ccccc2)C(=O)/C1=C/c1ccc(CNS(=O)(=O)c2ccc(Br)cc2)o1. The van der Waals surface area contributed by atoms with E-state index in [1.165, 1.54) is 30.2 Å². The van der Waals surface area contributed by atoms with E-state index in [1.807, 2.05) is 30.3 Å². The fourth-order valence-corrected chi connectivity index (χ4v) is 5.01. The number of nitrogens with one attached hydrogen (secondary N) is 1. The maximum absolute atomic E-state index is 13.3. The molecule has 1 amide bonds. The first-order valence-electron chi connectivity index (χ1n) is 10.9. The number of amides is 1. The molecule has 0 atom stereocenters. The predicted octanol–water partition coefficient (Wildman–Crippen LogP) is 4.39. The lowest BCUT2D eigenvalue weighted by Gasteiger charge is -2.17. The maximum atomic E-state index is 13.3. The van der Waals surface area contributed by atoms with E-state index in [-0.39, 0.29) is 28.5 Å². The van der Waals surface area contributed by atoms with Crippen LogP contribution in [0.2, 0.25) is 0 Å². The molecule has 0 radical (unpaired) electrons. The van der Waals surface area contributed by atoms with Gasteiger partial charge in [-0.15, -0.1) is 0 Å². The van der Waals surface area contributed by atoms with Gasteiger partial charge in [0.2, 0.25) is 10.0 Å². The van der Waals surface area contributed by atoms with Crippen LogP contribution in [0.25, 0.3) is 6.08 Å². The number of carbonyl (C=O) groups is 2. The molecule has 0 saturated heterocycles. The van der Waals surface area contributed by atoms with Gasteiger partial charge in [0.1, 0.15) is 11.5 Å². The number of nitrogens with zero attached hydrogens (tertiary/aromatic N) is 1. The van der Waals surface area contributed by atoms with E-state index in [0.717, 1.165) is 10.0 Å². The van der Waals surface area contributed by atoms with Crippen LogP contribution in [0.1, 0.15) is 24.0 Å². The van der Waals surface area contributed by atoms with Crippen LogP contribution < -0.4 is 4.72 Å². The van der Waals surface area contributed by atoms with E-state index in [0.29, 0.717) is 23.8 Å². The topological polar surface area (TPSA) is 106 Å². The van der Waals surface area contributed by atoms with E-state index in [2.05, 4.69) is 20.7 Å². The first-order chi connectivity index (χ1) is 17.2. The van der Waals surface area contributed by atoms with Crippen molar-refractivity contribution in [3.63, 3.8) is 0 Å². The average Bonchev–Trinajstić information content (AvgIpc) is 3.41. The summed E-state index contributed by atoms with van der Waals surface area (Å²) >= 11 is 3.28. The van der Waals surface area contributed by atoms with Crippen LogP contribution in [0.4, 0.5) is 0 Å². The van der Waals surface area contributed by atoms with Crippen molar-refractivity contribution in [2.75, 3.05) is 7.11 Å². The predicted molar refractivity (Wildman–Crippen MR) is 137 cm³/mol. The van der Waals surface area contributed by atoms with E-state index in [1.54, 1.807) is 31.2 Å². The Balaban J connectivity index is 1.55. The van der Waals surface area contributed by atoms with Crippen molar-refractivity contribution in [2.45, 2.75) is 24.9 Å². The van der Waals surface area contributed by atoms with Crippen molar-refractivity contribution in [3.8, 4) is 0 Å². The quantitative estimate of drug-likeness (QED) is 0.318. The number of sulfonamides is 1. The third-order valence-corrected chi connectivity index (χ3v) is 7.56. The molecule has 36 heavy (non-hydrogen) atoms. The number of halogens is 1. The second kappa shape index (κ2) is 10.7. The first kappa shape index (κ1) is 25.6. The van der Waals surface area contributed by atoms with Crippen LogP contribution in [-0.2, 0) is 37.4 Å². The summed E-state index contributed by atoms with van der Waals surface area (Å²) in [6.07, 6.45) is 1.47. The molecule has 1 N–H and O–H groups in total. The molecule has 186 valence electrons. The largest absolute Gasteiger partial charge is 0.465 e. The molecule has 1 aromatic heterocycles. The number of ether oxygens (including phenoxy) is 1. The van der Waals surface area contributed by atoms with Gasteiger partial charge in [-0.25, -0.2) is 17.9 Å². The van der Waals surface area contributed by atoms with Gasteiger partial charge >= 0.3 is 5.97 Å². The van der Waals surface area contributed by atoms with E-state index in [4.69, 9.17) is 9.15 Å². The zero-order valence-electron chi connectivity index (χ0n) is 19.5. The highest BCUT2D eigenvalue weighted by atomic mass is 79.9. The standard InChI is InChI=1S/C26H23BrN2O6S/c1-17-24(26(31)34-2)23(25(30)29(17)16-18-6-4-3-5-7-18)14-20-10-11-21(35-20)15-28-36(32,33)22-12-8-19(27)9-13-22/h3-14,28H,15-16H2,1-2H3/b23-14+. The smallest absolute Gasteiger partial charge is 0.340 e. The van der Waals surface area contributed by atoms with Crippen molar-refractivity contribution in [1.29, 1.82) is 0 Å². The zero-order chi connectivity index (χ0) is 25.9. The minimum Gasteiger partial charge on any atom is -0.465 e. The van der Waals surface area contributed by atoms with Crippen molar-refractivity contribution in [2.24, 2.45) is 0 Å². The summed E-state index contributed by atoms with van der Waals surface area (Å²) in [6, 6.07) is 18.9. The summed E-state index contributed by atoms with van der Waals surface area (Å²) in [6.45, 7) is 1.90. The fourth-order valence-electron chi connectivity index (χ4n) is 3.76. The molecule has 0 aliphatic carbocycles. The molecule has 0 fully saturated rings. The monoisotopic (exact) mass is 570 g/mol. The molecular formula is C26H23BrN2O6S. The van der Waals surface area contributed by atoms with Crippen LogP contribution >= 0.6 is 15.9 Å². The summed E-state index contributed by atoms with van der Waals surface area (Å²) in [7, 11) is -2.48. The van der Waals surface area contributed by atoms with Gasteiger partial charge in [-0.05, 0) is 55.0 Å². The molecule has 2 aromatic carbocycles.